The fraction of sp³-hybridized carbons (Fsp3) is 0.200. The lowest BCUT2D eigenvalue weighted by molar-refractivity contribution is -0.385. The SMILES string of the molecule is Cc1ccccc1N1CCOc2ccc([N+](=O)[O-])cc2S1=O. The van der Waals surface area contributed by atoms with Crippen LogP contribution in [0.25, 0.3) is 0 Å². The lowest BCUT2D eigenvalue weighted by atomic mass is 10.2. The van der Waals surface area contributed by atoms with Gasteiger partial charge in [0.2, 0.25) is 0 Å². The van der Waals surface area contributed by atoms with E-state index in [-0.39, 0.29) is 5.69 Å². The average Bonchev–Trinajstić information content (AvgIpc) is 2.67. The highest BCUT2D eigenvalue weighted by molar-refractivity contribution is 7.86. The molecule has 1 aliphatic rings. The van der Waals surface area contributed by atoms with Crippen molar-refractivity contribution in [1.29, 1.82) is 0 Å². The Morgan fingerprint density at radius 1 is 1.27 bits per heavy atom. The standard InChI is InChI=1S/C15H14N2O4S/c1-11-4-2-3-5-13(11)16-8-9-21-14-7-6-12(17(18)19)10-15(14)22(16)20/h2-7,10H,8-9H2,1H3. The van der Waals surface area contributed by atoms with Gasteiger partial charge in [-0.15, -0.1) is 0 Å². The Morgan fingerprint density at radius 2 is 2.05 bits per heavy atom. The summed E-state index contributed by atoms with van der Waals surface area (Å²) >= 11 is 0. The second-order valence-corrected chi connectivity index (χ2v) is 6.25. The molecule has 0 amide bonds. The summed E-state index contributed by atoms with van der Waals surface area (Å²) in [5.74, 6) is 0.431. The fourth-order valence-electron chi connectivity index (χ4n) is 2.36. The molecule has 0 N–H and O–H groups in total. The number of hydrogen-bond donors (Lipinski definition) is 0. The third kappa shape index (κ3) is 2.55. The van der Waals surface area contributed by atoms with Crippen LogP contribution in [0.1, 0.15) is 5.56 Å². The molecule has 2 aromatic rings. The van der Waals surface area contributed by atoms with Gasteiger partial charge < -0.3 is 4.74 Å². The van der Waals surface area contributed by atoms with E-state index in [4.69, 9.17) is 4.74 Å². The first-order valence-corrected chi connectivity index (χ1v) is 7.85. The predicted octanol–water partition coefficient (Wildman–Crippen LogP) is 2.82. The Balaban J connectivity index is 2.07. The number of benzene rings is 2. The number of hydrogen-bond acceptors (Lipinski definition) is 4. The predicted molar refractivity (Wildman–Crippen MR) is 83.5 cm³/mol. The summed E-state index contributed by atoms with van der Waals surface area (Å²) in [5, 5.41) is 10.9. The van der Waals surface area contributed by atoms with Gasteiger partial charge in [-0.05, 0) is 24.6 Å². The Labute approximate surface area is 130 Å². The van der Waals surface area contributed by atoms with Crippen LogP contribution in [0.5, 0.6) is 5.75 Å². The first-order chi connectivity index (χ1) is 10.6. The fourth-order valence-corrected chi connectivity index (χ4v) is 3.74. The molecule has 0 saturated heterocycles. The Kier molecular flexibility index (Phi) is 3.81. The van der Waals surface area contributed by atoms with Crippen molar-refractivity contribution in [3.8, 4) is 5.75 Å². The van der Waals surface area contributed by atoms with Crippen molar-refractivity contribution in [2.45, 2.75) is 11.8 Å². The van der Waals surface area contributed by atoms with Crippen LogP contribution in [0.15, 0.2) is 47.4 Å². The molecule has 7 heteroatoms. The molecule has 2 aromatic carbocycles. The molecule has 1 aliphatic heterocycles. The summed E-state index contributed by atoms with van der Waals surface area (Å²) in [7, 11) is -1.55. The van der Waals surface area contributed by atoms with Gasteiger partial charge in [0.05, 0.1) is 17.2 Å². The number of non-ortho nitro benzene ring substituents is 1. The average molecular weight is 318 g/mol. The van der Waals surface area contributed by atoms with Crippen LogP contribution >= 0.6 is 0 Å². The van der Waals surface area contributed by atoms with E-state index in [9.17, 15) is 14.3 Å². The van der Waals surface area contributed by atoms with Crippen LogP contribution in [0.4, 0.5) is 11.4 Å². The van der Waals surface area contributed by atoms with Crippen molar-refractivity contribution in [2.75, 3.05) is 17.5 Å². The third-order valence-electron chi connectivity index (χ3n) is 3.46. The molecule has 1 unspecified atom stereocenters. The number of anilines is 1. The molecule has 6 nitrogen and oxygen atoms in total. The van der Waals surface area contributed by atoms with E-state index in [0.29, 0.717) is 23.8 Å². The molecule has 22 heavy (non-hydrogen) atoms. The highest BCUT2D eigenvalue weighted by atomic mass is 32.2. The molecule has 0 fully saturated rings. The van der Waals surface area contributed by atoms with Crippen molar-refractivity contribution in [3.05, 3.63) is 58.1 Å². The van der Waals surface area contributed by atoms with Gasteiger partial charge in [0, 0.05) is 12.1 Å². The van der Waals surface area contributed by atoms with E-state index < -0.39 is 15.9 Å². The second-order valence-electron chi connectivity index (χ2n) is 4.87. The number of aryl methyl sites for hydroxylation is 1. The first kappa shape index (κ1) is 14.5. The number of nitro benzene ring substituents is 1. The molecule has 0 saturated carbocycles. The van der Waals surface area contributed by atoms with Gasteiger partial charge >= 0.3 is 0 Å². The van der Waals surface area contributed by atoms with Crippen LogP contribution in [0.2, 0.25) is 0 Å². The summed E-state index contributed by atoms with van der Waals surface area (Å²) in [6, 6.07) is 11.8. The minimum atomic E-state index is -1.55. The van der Waals surface area contributed by atoms with Gasteiger partial charge in [0.1, 0.15) is 17.3 Å². The van der Waals surface area contributed by atoms with E-state index in [1.807, 2.05) is 31.2 Å². The molecule has 3 rings (SSSR count). The first-order valence-electron chi connectivity index (χ1n) is 6.74. The summed E-state index contributed by atoms with van der Waals surface area (Å²) in [6.07, 6.45) is 0. The van der Waals surface area contributed by atoms with Crippen molar-refractivity contribution in [1.82, 2.24) is 0 Å². The number of para-hydroxylation sites is 1. The molecule has 1 heterocycles. The van der Waals surface area contributed by atoms with E-state index in [1.165, 1.54) is 18.2 Å². The number of ether oxygens (including phenoxy) is 1. The minimum absolute atomic E-state index is 0.0951. The molecule has 114 valence electrons. The summed E-state index contributed by atoms with van der Waals surface area (Å²) < 4.78 is 20.2. The Hall–Kier alpha value is -2.41. The zero-order valence-electron chi connectivity index (χ0n) is 11.9. The second kappa shape index (κ2) is 5.76. The molecular formula is C15H14N2O4S. The largest absolute Gasteiger partial charge is 0.490 e. The van der Waals surface area contributed by atoms with Crippen molar-refractivity contribution in [2.24, 2.45) is 0 Å². The molecule has 0 aliphatic carbocycles. The van der Waals surface area contributed by atoms with E-state index in [2.05, 4.69) is 0 Å². The lowest BCUT2D eigenvalue weighted by Gasteiger charge is -2.22. The van der Waals surface area contributed by atoms with Gasteiger partial charge in [0.25, 0.3) is 5.69 Å². The molecule has 0 spiro atoms. The maximum atomic E-state index is 12.9. The zero-order valence-corrected chi connectivity index (χ0v) is 12.7. The Morgan fingerprint density at radius 3 is 2.77 bits per heavy atom. The number of nitrogens with zero attached hydrogens (tertiary/aromatic N) is 2. The lowest BCUT2D eigenvalue weighted by Crippen LogP contribution is -2.28. The number of rotatable bonds is 2. The van der Waals surface area contributed by atoms with Crippen LogP contribution in [0, 0.1) is 17.0 Å². The normalized spacial score (nSPS) is 17.3. The molecule has 0 aromatic heterocycles. The number of fused-ring (bicyclic) bond motifs is 1. The summed E-state index contributed by atoms with van der Waals surface area (Å²) in [4.78, 5) is 10.8. The van der Waals surface area contributed by atoms with Crippen LogP contribution in [-0.2, 0) is 11.0 Å². The van der Waals surface area contributed by atoms with Crippen LogP contribution < -0.4 is 9.04 Å². The van der Waals surface area contributed by atoms with Gasteiger partial charge in [-0.1, -0.05) is 18.2 Å². The van der Waals surface area contributed by atoms with E-state index >= 15 is 0 Å². The Bertz CT molecular complexity index is 763. The zero-order chi connectivity index (χ0) is 15.7. The van der Waals surface area contributed by atoms with Crippen molar-refractivity contribution >= 4 is 22.4 Å². The molecular weight excluding hydrogens is 304 g/mol. The van der Waals surface area contributed by atoms with E-state index in [1.54, 1.807) is 4.31 Å². The van der Waals surface area contributed by atoms with Crippen molar-refractivity contribution in [3.63, 3.8) is 0 Å². The van der Waals surface area contributed by atoms with Gasteiger partial charge in [0.15, 0.2) is 11.0 Å². The maximum Gasteiger partial charge on any atom is 0.270 e. The summed E-state index contributed by atoms with van der Waals surface area (Å²) in [5.41, 5.74) is 1.73. The monoisotopic (exact) mass is 318 g/mol. The van der Waals surface area contributed by atoms with Gasteiger partial charge in [-0.3, -0.25) is 14.4 Å². The van der Waals surface area contributed by atoms with Crippen molar-refractivity contribution < 1.29 is 13.9 Å². The molecule has 0 radical (unpaired) electrons. The highest BCUT2D eigenvalue weighted by Crippen LogP contribution is 2.33. The minimum Gasteiger partial charge on any atom is -0.490 e. The van der Waals surface area contributed by atoms with Crippen LogP contribution in [-0.4, -0.2) is 22.3 Å². The molecule has 1 atom stereocenters. The summed E-state index contributed by atoms with van der Waals surface area (Å²) in [6.45, 7) is 2.75. The third-order valence-corrected chi connectivity index (χ3v) is 4.94. The van der Waals surface area contributed by atoms with Gasteiger partial charge in [-0.2, -0.15) is 0 Å². The topological polar surface area (TPSA) is 72.7 Å². The van der Waals surface area contributed by atoms with Crippen LogP contribution in [0.3, 0.4) is 0 Å². The molecule has 0 bridgehead atoms. The highest BCUT2D eigenvalue weighted by Gasteiger charge is 2.26. The number of nitro groups is 1. The van der Waals surface area contributed by atoms with E-state index in [0.717, 1.165) is 11.3 Å². The maximum absolute atomic E-state index is 12.9. The van der Waals surface area contributed by atoms with Gasteiger partial charge in [-0.25, -0.2) is 4.21 Å². The quantitative estimate of drug-likeness (QED) is 0.630. The smallest absolute Gasteiger partial charge is 0.270 e.